The Hall–Kier alpha value is -2.07. The van der Waals surface area contributed by atoms with Gasteiger partial charge in [-0.25, -0.2) is 0 Å². The first-order valence-corrected chi connectivity index (χ1v) is 4.41. The smallest absolute Gasteiger partial charge is 0.396 e. The van der Waals surface area contributed by atoms with Gasteiger partial charge in [0.2, 0.25) is 5.75 Å². The Bertz CT molecular complexity index is 510. The van der Waals surface area contributed by atoms with Crippen LogP contribution in [0, 0.1) is 17.0 Å². The molecule has 0 aliphatic heterocycles. The van der Waals surface area contributed by atoms with Gasteiger partial charge in [0.15, 0.2) is 5.69 Å². The van der Waals surface area contributed by atoms with Crippen molar-refractivity contribution in [1.82, 2.24) is 4.98 Å². The molecule has 11 heteroatoms. The van der Waals surface area contributed by atoms with Crippen molar-refractivity contribution in [2.75, 3.05) is 0 Å². The molecule has 0 amide bonds. The molecule has 106 valence electrons. The minimum Gasteiger partial charge on any atom is -0.396 e. The molecule has 0 saturated carbocycles. The van der Waals surface area contributed by atoms with Gasteiger partial charge in [0.05, 0.1) is 0 Å². The van der Waals surface area contributed by atoms with Crippen molar-refractivity contribution >= 4 is 5.82 Å². The molecule has 0 radical (unpaired) electrons. The van der Waals surface area contributed by atoms with Gasteiger partial charge in [-0.15, -0.1) is 13.2 Å². The number of ether oxygens (including phenoxy) is 1. The maximum atomic E-state index is 12.5. The largest absolute Gasteiger partial charge is 0.573 e. The number of rotatable bonds is 2. The summed E-state index contributed by atoms with van der Waals surface area (Å²) in [5, 5.41) is 10.5. The zero-order chi connectivity index (χ0) is 15.0. The standard InChI is InChI=1S/C8H4F6N2O3/c1-3-2-4(7(9,10)11)5(19-8(12,13)14)6(15-3)16(17)18/h2H,1H3. The number of nitrogens with zero attached hydrogens (tertiary/aromatic N) is 2. The number of aryl methyl sites for hydroxylation is 1. The third-order valence-electron chi connectivity index (χ3n) is 1.78. The molecule has 0 saturated heterocycles. The quantitative estimate of drug-likeness (QED) is 0.476. The highest BCUT2D eigenvalue weighted by atomic mass is 19.4. The number of alkyl halides is 6. The zero-order valence-corrected chi connectivity index (χ0v) is 8.96. The molecule has 19 heavy (non-hydrogen) atoms. The molecule has 1 rings (SSSR count). The van der Waals surface area contributed by atoms with E-state index in [4.69, 9.17) is 0 Å². The third kappa shape index (κ3) is 3.69. The lowest BCUT2D eigenvalue weighted by atomic mass is 10.2. The van der Waals surface area contributed by atoms with Gasteiger partial charge in [0.25, 0.3) is 0 Å². The monoisotopic (exact) mass is 290 g/mol. The van der Waals surface area contributed by atoms with Crippen LogP contribution in [-0.2, 0) is 6.18 Å². The van der Waals surface area contributed by atoms with Crippen LogP contribution in [0.4, 0.5) is 32.2 Å². The van der Waals surface area contributed by atoms with Gasteiger partial charge in [-0.2, -0.15) is 13.2 Å². The predicted octanol–water partition coefficient (Wildman–Crippen LogP) is 3.22. The fourth-order valence-corrected chi connectivity index (χ4v) is 1.20. The van der Waals surface area contributed by atoms with Crippen LogP contribution in [-0.4, -0.2) is 16.3 Å². The fourth-order valence-electron chi connectivity index (χ4n) is 1.20. The van der Waals surface area contributed by atoms with Crippen molar-refractivity contribution in [2.45, 2.75) is 19.5 Å². The van der Waals surface area contributed by atoms with Crippen LogP contribution >= 0.6 is 0 Å². The number of pyridine rings is 1. The molecule has 0 bridgehead atoms. The predicted molar refractivity (Wildman–Crippen MR) is 47.3 cm³/mol. The van der Waals surface area contributed by atoms with Gasteiger partial charge in [0.1, 0.15) is 5.56 Å². The molecule has 0 fully saturated rings. The summed E-state index contributed by atoms with van der Waals surface area (Å²) in [5.41, 5.74) is -2.38. The van der Waals surface area contributed by atoms with Crippen LogP contribution in [0.15, 0.2) is 6.07 Å². The van der Waals surface area contributed by atoms with E-state index in [9.17, 15) is 36.5 Å². The third-order valence-corrected chi connectivity index (χ3v) is 1.78. The van der Waals surface area contributed by atoms with Crippen molar-refractivity contribution in [3.63, 3.8) is 0 Å². The molecule has 1 heterocycles. The van der Waals surface area contributed by atoms with E-state index in [1.165, 1.54) is 0 Å². The summed E-state index contributed by atoms with van der Waals surface area (Å²) in [5.74, 6) is -3.62. The number of nitro groups is 1. The summed E-state index contributed by atoms with van der Waals surface area (Å²) < 4.78 is 76.8. The van der Waals surface area contributed by atoms with Crippen molar-refractivity contribution in [1.29, 1.82) is 0 Å². The molecule has 0 aromatic carbocycles. The second kappa shape index (κ2) is 4.55. The van der Waals surface area contributed by atoms with Crippen LogP contribution in [0.1, 0.15) is 11.3 Å². The highest BCUT2D eigenvalue weighted by Gasteiger charge is 2.44. The highest BCUT2D eigenvalue weighted by molar-refractivity contribution is 5.49. The van der Waals surface area contributed by atoms with Crippen LogP contribution in [0.3, 0.4) is 0 Å². The summed E-state index contributed by atoms with van der Waals surface area (Å²) in [4.78, 5) is 12.0. The van der Waals surface area contributed by atoms with E-state index >= 15 is 0 Å². The Morgan fingerprint density at radius 1 is 1.26 bits per heavy atom. The first-order valence-electron chi connectivity index (χ1n) is 4.41. The molecular formula is C8H4F6N2O3. The maximum absolute atomic E-state index is 12.5. The average Bonchev–Trinajstić information content (AvgIpc) is 2.16. The van der Waals surface area contributed by atoms with Gasteiger partial charge < -0.3 is 14.9 Å². The Labute approximate surface area is 101 Å². The number of hydrogen-bond donors (Lipinski definition) is 0. The molecule has 0 aliphatic carbocycles. The molecule has 0 spiro atoms. The first kappa shape index (κ1) is 15.0. The van der Waals surface area contributed by atoms with E-state index in [2.05, 4.69) is 9.72 Å². The van der Waals surface area contributed by atoms with E-state index in [0.29, 0.717) is 0 Å². The Kier molecular flexibility index (Phi) is 3.59. The molecular weight excluding hydrogens is 286 g/mol. The van der Waals surface area contributed by atoms with Gasteiger partial charge in [0, 0.05) is 13.0 Å². The van der Waals surface area contributed by atoms with Crippen LogP contribution < -0.4 is 4.74 Å². The lowest BCUT2D eigenvalue weighted by molar-refractivity contribution is -0.393. The minimum atomic E-state index is -5.51. The topological polar surface area (TPSA) is 65.3 Å². The van der Waals surface area contributed by atoms with Crippen LogP contribution in [0.2, 0.25) is 0 Å². The first-order chi connectivity index (χ1) is 8.42. The molecule has 1 aromatic rings. The summed E-state index contributed by atoms with van der Waals surface area (Å²) in [7, 11) is 0. The number of halogens is 6. The lowest BCUT2D eigenvalue weighted by Gasteiger charge is -2.14. The van der Waals surface area contributed by atoms with Gasteiger partial charge in [-0.3, -0.25) is 0 Å². The molecule has 0 atom stereocenters. The molecule has 0 N–H and O–H groups in total. The van der Waals surface area contributed by atoms with Crippen LogP contribution in [0.25, 0.3) is 0 Å². The lowest BCUT2D eigenvalue weighted by Crippen LogP contribution is -2.21. The minimum absolute atomic E-state index is 0.230. The van der Waals surface area contributed by atoms with E-state index in [1.807, 2.05) is 0 Å². The molecule has 0 unspecified atom stereocenters. The van der Waals surface area contributed by atoms with Crippen LogP contribution in [0.5, 0.6) is 5.75 Å². The SMILES string of the molecule is Cc1cc(C(F)(F)F)c(OC(F)(F)F)c([N+](=O)[O-])n1. The van der Waals surface area contributed by atoms with Gasteiger partial charge in [-0.05, 0) is 9.91 Å². The van der Waals surface area contributed by atoms with E-state index in [1.54, 1.807) is 0 Å². The maximum Gasteiger partial charge on any atom is 0.573 e. The Morgan fingerprint density at radius 2 is 1.79 bits per heavy atom. The molecule has 0 aliphatic rings. The highest BCUT2D eigenvalue weighted by Crippen LogP contribution is 2.42. The average molecular weight is 290 g/mol. The molecule has 1 aromatic heterocycles. The summed E-state index contributed by atoms with van der Waals surface area (Å²) in [6.07, 6.45) is -10.8. The van der Waals surface area contributed by atoms with E-state index in [0.717, 1.165) is 6.92 Å². The zero-order valence-electron chi connectivity index (χ0n) is 8.96. The van der Waals surface area contributed by atoms with E-state index in [-0.39, 0.29) is 6.07 Å². The van der Waals surface area contributed by atoms with Gasteiger partial charge >= 0.3 is 18.4 Å². The van der Waals surface area contributed by atoms with Crippen molar-refractivity contribution in [3.05, 3.63) is 27.4 Å². The second-order valence-electron chi connectivity index (χ2n) is 3.27. The van der Waals surface area contributed by atoms with E-state index < -0.39 is 40.3 Å². The Morgan fingerprint density at radius 3 is 2.16 bits per heavy atom. The van der Waals surface area contributed by atoms with Crippen molar-refractivity contribution in [2.24, 2.45) is 0 Å². The molecule has 5 nitrogen and oxygen atoms in total. The number of aromatic nitrogens is 1. The van der Waals surface area contributed by atoms with Crippen molar-refractivity contribution < 1.29 is 36.0 Å². The fraction of sp³-hybridized carbons (Fsp3) is 0.375. The van der Waals surface area contributed by atoms with Crippen molar-refractivity contribution in [3.8, 4) is 5.75 Å². The Balaban J connectivity index is 3.57. The second-order valence-corrected chi connectivity index (χ2v) is 3.27. The summed E-state index contributed by atoms with van der Waals surface area (Å²) in [6.45, 7) is 0.972. The summed E-state index contributed by atoms with van der Waals surface area (Å²) >= 11 is 0. The normalized spacial score (nSPS) is 12.4. The summed E-state index contributed by atoms with van der Waals surface area (Å²) in [6, 6.07) is 0.230. The van der Waals surface area contributed by atoms with Gasteiger partial charge in [-0.1, -0.05) is 0 Å². The number of hydrogen-bond acceptors (Lipinski definition) is 4.